The maximum absolute atomic E-state index is 11.5. The smallest absolute Gasteiger partial charge is 0.336 e. The molecule has 0 radical (unpaired) electrons. The van der Waals surface area contributed by atoms with E-state index in [9.17, 15) is 9.90 Å². The molecule has 3 heteroatoms. The predicted octanol–water partition coefficient (Wildman–Crippen LogP) is 1.58. The minimum absolute atomic E-state index is 0.323. The molecule has 1 atom stereocenters. The van der Waals surface area contributed by atoms with Crippen molar-refractivity contribution in [3.63, 3.8) is 0 Å². The van der Waals surface area contributed by atoms with Crippen molar-refractivity contribution in [2.45, 2.75) is 31.8 Å². The Bertz CT molecular complexity index is 268. The van der Waals surface area contributed by atoms with Gasteiger partial charge in [-0.15, -0.1) is 0 Å². The highest BCUT2D eigenvalue weighted by molar-refractivity contribution is 5.91. The number of rotatable bonds is 3. The molecule has 0 aromatic heterocycles. The van der Waals surface area contributed by atoms with Crippen molar-refractivity contribution in [1.29, 1.82) is 0 Å². The van der Waals surface area contributed by atoms with Crippen molar-refractivity contribution in [2.75, 3.05) is 6.61 Å². The van der Waals surface area contributed by atoms with Crippen molar-refractivity contribution in [1.82, 2.24) is 0 Å². The quantitative estimate of drug-likeness (QED) is 0.550. The zero-order chi connectivity index (χ0) is 10.6. The first-order valence-corrected chi connectivity index (χ1v) is 4.88. The fourth-order valence-corrected chi connectivity index (χ4v) is 1.61. The lowest BCUT2D eigenvalue weighted by Gasteiger charge is -2.29. The van der Waals surface area contributed by atoms with E-state index >= 15 is 0 Å². The summed E-state index contributed by atoms with van der Waals surface area (Å²) in [6.45, 7) is 5.62. The van der Waals surface area contributed by atoms with E-state index in [1.165, 1.54) is 6.08 Å². The number of allylic oxidation sites excluding steroid dienone is 1. The molecule has 1 rings (SSSR count). The van der Waals surface area contributed by atoms with E-state index in [1.54, 1.807) is 13.0 Å². The molecule has 0 amide bonds. The van der Waals surface area contributed by atoms with Gasteiger partial charge in [-0.25, -0.2) is 4.79 Å². The first kappa shape index (κ1) is 11.0. The number of aliphatic hydroxyl groups is 1. The highest BCUT2D eigenvalue weighted by Crippen LogP contribution is 2.30. The van der Waals surface area contributed by atoms with Gasteiger partial charge in [0.05, 0.1) is 12.2 Å². The van der Waals surface area contributed by atoms with Gasteiger partial charge < -0.3 is 9.84 Å². The molecular formula is C11H16O3. The average Bonchev–Trinajstić information content (AvgIpc) is 2.19. The molecule has 1 unspecified atom stereocenters. The Morgan fingerprint density at radius 3 is 3.14 bits per heavy atom. The molecule has 0 aromatic rings. The summed E-state index contributed by atoms with van der Waals surface area (Å²) < 4.78 is 4.86. The van der Waals surface area contributed by atoms with Crippen molar-refractivity contribution in [3.8, 4) is 0 Å². The first-order valence-electron chi connectivity index (χ1n) is 4.88. The van der Waals surface area contributed by atoms with Crippen LogP contribution in [0.1, 0.15) is 26.2 Å². The maximum atomic E-state index is 11.5. The monoisotopic (exact) mass is 196 g/mol. The summed E-state index contributed by atoms with van der Waals surface area (Å²) >= 11 is 0. The van der Waals surface area contributed by atoms with E-state index in [-0.39, 0.29) is 0 Å². The van der Waals surface area contributed by atoms with Gasteiger partial charge in [0.25, 0.3) is 0 Å². The van der Waals surface area contributed by atoms with Gasteiger partial charge in [0.15, 0.2) is 0 Å². The van der Waals surface area contributed by atoms with E-state index in [0.717, 1.165) is 12.8 Å². The SMILES string of the molecule is C=CC1(O)CCCC=C1C(=O)OCC. The van der Waals surface area contributed by atoms with Gasteiger partial charge in [0.2, 0.25) is 0 Å². The Labute approximate surface area is 84.1 Å². The van der Waals surface area contributed by atoms with Crippen LogP contribution in [0.2, 0.25) is 0 Å². The number of hydrogen-bond donors (Lipinski definition) is 1. The van der Waals surface area contributed by atoms with Gasteiger partial charge >= 0.3 is 5.97 Å². The number of carbonyl (C=O) groups is 1. The van der Waals surface area contributed by atoms with Crippen LogP contribution in [0.3, 0.4) is 0 Å². The Hall–Kier alpha value is -1.09. The Kier molecular flexibility index (Phi) is 3.47. The van der Waals surface area contributed by atoms with E-state index in [0.29, 0.717) is 18.6 Å². The van der Waals surface area contributed by atoms with Crippen LogP contribution in [0.4, 0.5) is 0 Å². The molecule has 14 heavy (non-hydrogen) atoms. The van der Waals surface area contributed by atoms with Crippen molar-refractivity contribution in [3.05, 3.63) is 24.3 Å². The van der Waals surface area contributed by atoms with Gasteiger partial charge in [0, 0.05) is 0 Å². The van der Waals surface area contributed by atoms with Gasteiger partial charge in [-0.3, -0.25) is 0 Å². The van der Waals surface area contributed by atoms with Gasteiger partial charge in [0.1, 0.15) is 5.60 Å². The summed E-state index contributed by atoms with van der Waals surface area (Å²) in [6, 6.07) is 0. The third kappa shape index (κ3) is 2.04. The molecule has 0 saturated heterocycles. The normalized spacial score (nSPS) is 26.6. The van der Waals surface area contributed by atoms with Gasteiger partial charge in [-0.2, -0.15) is 0 Å². The van der Waals surface area contributed by atoms with E-state index in [1.807, 2.05) is 0 Å². The van der Waals surface area contributed by atoms with Crippen LogP contribution in [0.25, 0.3) is 0 Å². The molecule has 0 aromatic carbocycles. The third-order valence-corrected chi connectivity index (χ3v) is 2.41. The van der Waals surface area contributed by atoms with Crippen LogP contribution >= 0.6 is 0 Å². The number of hydrogen-bond acceptors (Lipinski definition) is 3. The minimum atomic E-state index is -1.19. The van der Waals surface area contributed by atoms with E-state index in [2.05, 4.69) is 6.58 Å². The summed E-state index contributed by atoms with van der Waals surface area (Å²) in [5.41, 5.74) is -0.856. The minimum Gasteiger partial charge on any atom is -0.463 e. The number of esters is 1. The predicted molar refractivity (Wildman–Crippen MR) is 53.7 cm³/mol. The molecule has 0 bridgehead atoms. The zero-order valence-electron chi connectivity index (χ0n) is 8.45. The molecule has 0 saturated carbocycles. The molecule has 0 fully saturated rings. The van der Waals surface area contributed by atoms with Crippen molar-refractivity contribution >= 4 is 5.97 Å². The van der Waals surface area contributed by atoms with Crippen molar-refractivity contribution < 1.29 is 14.6 Å². The van der Waals surface area contributed by atoms with Crippen LogP contribution < -0.4 is 0 Å². The highest BCUT2D eigenvalue weighted by atomic mass is 16.5. The van der Waals surface area contributed by atoms with Crippen LogP contribution in [0, 0.1) is 0 Å². The topological polar surface area (TPSA) is 46.5 Å². The van der Waals surface area contributed by atoms with E-state index in [4.69, 9.17) is 4.74 Å². The van der Waals surface area contributed by atoms with Crippen LogP contribution in [0.5, 0.6) is 0 Å². The zero-order valence-corrected chi connectivity index (χ0v) is 8.45. The summed E-state index contributed by atoms with van der Waals surface area (Å²) in [7, 11) is 0. The molecule has 0 heterocycles. The molecular weight excluding hydrogens is 180 g/mol. The first-order chi connectivity index (χ1) is 6.64. The largest absolute Gasteiger partial charge is 0.463 e. The van der Waals surface area contributed by atoms with Gasteiger partial charge in [-0.05, 0) is 26.2 Å². The second kappa shape index (κ2) is 4.42. The lowest BCUT2D eigenvalue weighted by molar-refractivity contribution is -0.140. The number of carbonyl (C=O) groups excluding carboxylic acids is 1. The number of ether oxygens (including phenoxy) is 1. The standard InChI is InChI=1S/C11H16O3/c1-3-11(13)8-6-5-7-9(11)10(12)14-4-2/h3,7,13H,1,4-6,8H2,2H3. The average molecular weight is 196 g/mol. The highest BCUT2D eigenvalue weighted by Gasteiger charge is 2.35. The van der Waals surface area contributed by atoms with Crippen LogP contribution in [0.15, 0.2) is 24.3 Å². The maximum Gasteiger partial charge on any atom is 0.336 e. The van der Waals surface area contributed by atoms with Crippen molar-refractivity contribution in [2.24, 2.45) is 0 Å². The molecule has 1 N–H and O–H groups in total. The Morgan fingerprint density at radius 2 is 2.57 bits per heavy atom. The molecule has 78 valence electrons. The molecule has 3 nitrogen and oxygen atoms in total. The van der Waals surface area contributed by atoms with E-state index < -0.39 is 11.6 Å². The van der Waals surface area contributed by atoms with Crippen LogP contribution in [-0.2, 0) is 9.53 Å². The molecule has 0 spiro atoms. The Morgan fingerprint density at radius 1 is 1.86 bits per heavy atom. The molecule has 1 aliphatic rings. The second-order valence-electron chi connectivity index (χ2n) is 3.36. The van der Waals surface area contributed by atoms with Gasteiger partial charge in [-0.1, -0.05) is 18.7 Å². The third-order valence-electron chi connectivity index (χ3n) is 2.41. The summed E-state index contributed by atoms with van der Waals surface area (Å²) in [5, 5.41) is 10.0. The summed E-state index contributed by atoms with van der Waals surface area (Å²) in [5.74, 6) is -0.436. The van der Waals surface area contributed by atoms with Crippen LogP contribution in [-0.4, -0.2) is 23.3 Å². The second-order valence-corrected chi connectivity index (χ2v) is 3.36. The molecule has 1 aliphatic carbocycles. The fraction of sp³-hybridized carbons (Fsp3) is 0.545. The lowest BCUT2D eigenvalue weighted by atomic mass is 9.83. The fourth-order valence-electron chi connectivity index (χ4n) is 1.61. The summed E-state index contributed by atoms with van der Waals surface area (Å²) in [6.07, 6.45) is 5.37. The Balaban J connectivity index is 2.87. The summed E-state index contributed by atoms with van der Waals surface area (Å²) in [4.78, 5) is 11.5. The lowest BCUT2D eigenvalue weighted by Crippen LogP contribution is -2.35. The molecule has 0 aliphatic heterocycles.